The lowest BCUT2D eigenvalue weighted by molar-refractivity contribution is 0.0598. The lowest BCUT2D eigenvalue weighted by atomic mass is 10.1. The van der Waals surface area contributed by atoms with Gasteiger partial charge in [-0.3, -0.25) is 4.79 Å². The van der Waals surface area contributed by atoms with E-state index in [0.29, 0.717) is 24.1 Å². The molecule has 142 valence electrons. The van der Waals surface area contributed by atoms with Gasteiger partial charge in [-0.15, -0.1) is 0 Å². The highest BCUT2D eigenvalue weighted by Gasteiger charge is 2.27. The molecule has 0 aromatic heterocycles. The lowest BCUT2D eigenvalue weighted by Gasteiger charge is -2.29. The zero-order chi connectivity index (χ0) is 19.2. The summed E-state index contributed by atoms with van der Waals surface area (Å²) in [6.45, 7) is 0.591. The van der Waals surface area contributed by atoms with Gasteiger partial charge in [0.15, 0.2) is 0 Å². The van der Waals surface area contributed by atoms with Crippen molar-refractivity contribution in [1.82, 2.24) is 4.90 Å². The normalized spacial score (nSPS) is 14.1. The van der Waals surface area contributed by atoms with Crippen molar-refractivity contribution in [2.45, 2.75) is 38.1 Å². The molecule has 0 aliphatic heterocycles. The Bertz CT molecular complexity index is 780. The average molecular weight is 369 g/mol. The Kier molecular flexibility index (Phi) is 6.22. The molecule has 0 spiro atoms. The molecule has 1 fully saturated rings. The number of methoxy groups -OCH3 is 1. The quantitative estimate of drug-likeness (QED) is 0.716. The Morgan fingerprint density at radius 1 is 1.00 bits per heavy atom. The molecule has 1 aliphatic carbocycles. The van der Waals surface area contributed by atoms with Crippen LogP contribution in [0.2, 0.25) is 0 Å². The molecule has 1 saturated carbocycles. The fourth-order valence-electron chi connectivity index (χ4n) is 3.60. The molecule has 5 heteroatoms. The number of hydrogen-bond acceptors (Lipinski definition) is 3. The molecule has 4 nitrogen and oxygen atoms in total. The highest BCUT2D eigenvalue weighted by molar-refractivity contribution is 5.96. The molecule has 0 unspecified atom stereocenters. The molecule has 0 radical (unpaired) electrons. The molecule has 0 bridgehead atoms. The Labute approximate surface area is 158 Å². The van der Waals surface area contributed by atoms with E-state index in [1.54, 1.807) is 36.4 Å². The van der Waals surface area contributed by atoms with E-state index in [1.165, 1.54) is 19.2 Å². The van der Waals surface area contributed by atoms with E-state index in [2.05, 4.69) is 0 Å². The van der Waals surface area contributed by atoms with Crippen molar-refractivity contribution in [3.63, 3.8) is 0 Å². The van der Waals surface area contributed by atoms with E-state index in [4.69, 9.17) is 4.74 Å². The Morgan fingerprint density at radius 2 is 1.59 bits per heavy atom. The van der Waals surface area contributed by atoms with Crippen LogP contribution in [0.1, 0.15) is 52.0 Å². The third-order valence-electron chi connectivity index (χ3n) is 5.13. The van der Waals surface area contributed by atoms with Gasteiger partial charge in [-0.1, -0.05) is 25.0 Å². The summed E-state index contributed by atoms with van der Waals surface area (Å²) in [4.78, 5) is 26.6. The number of carbonyl (C=O) groups is 2. The molecule has 0 atom stereocenters. The first-order valence-electron chi connectivity index (χ1n) is 9.32. The van der Waals surface area contributed by atoms with Crippen molar-refractivity contribution in [3.8, 4) is 0 Å². The van der Waals surface area contributed by atoms with Crippen molar-refractivity contribution >= 4 is 11.9 Å². The number of hydrogen-bond donors (Lipinski definition) is 0. The fraction of sp³-hybridized carbons (Fsp3) is 0.364. The molecule has 1 aliphatic rings. The van der Waals surface area contributed by atoms with Crippen LogP contribution in [0, 0.1) is 5.82 Å². The number of nitrogens with zero attached hydrogens (tertiary/aromatic N) is 1. The van der Waals surface area contributed by atoms with Gasteiger partial charge in [0.05, 0.1) is 12.7 Å². The number of rotatable bonds is 6. The Hall–Kier alpha value is -2.69. The van der Waals surface area contributed by atoms with E-state index >= 15 is 0 Å². The SMILES string of the molecule is COC(=O)c1ccc(C(=O)N(CCc2ccc(F)cc2)C2CCCC2)cc1. The number of esters is 1. The van der Waals surface area contributed by atoms with Crippen molar-refractivity contribution in [2.75, 3.05) is 13.7 Å². The smallest absolute Gasteiger partial charge is 0.337 e. The van der Waals surface area contributed by atoms with Crippen LogP contribution in [-0.4, -0.2) is 36.5 Å². The first kappa shape index (κ1) is 19.1. The largest absolute Gasteiger partial charge is 0.465 e. The van der Waals surface area contributed by atoms with Gasteiger partial charge < -0.3 is 9.64 Å². The summed E-state index contributed by atoms with van der Waals surface area (Å²) in [5, 5.41) is 0. The van der Waals surface area contributed by atoms with Gasteiger partial charge >= 0.3 is 5.97 Å². The zero-order valence-electron chi connectivity index (χ0n) is 15.5. The van der Waals surface area contributed by atoms with Crippen molar-refractivity contribution in [1.29, 1.82) is 0 Å². The molecule has 27 heavy (non-hydrogen) atoms. The van der Waals surface area contributed by atoms with Gasteiger partial charge in [0.2, 0.25) is 0 Å². The van der Waals surface area contributed by atoms with Crippen LogP contribution in [0.25, 0.3) is 0 Å². The fourth-order valence-corrected chi connectivity index (χ4v) is 3.60. The third-order valence-corrected chi connectivity index (χ3v) is 5.13. The first-order chi connectivity index (χ1) is 13.1. The number of ether oxygens (including phenoxy) is 1. The van der Waals surface area contributed by atoms with Gasteiger partial charge in [-0.05, 0) is 61.2 Å². The second-order valence-electron chi connectivity index (χ2n) is 6.88. The standard InChI is InChI=1S/C22H24FNO3/c1-27-22(26)18-10-8-17(9-11-18)21(25)24(20-4-2-3-5-20)15-14-16-6-12-19(23)13-7-16/h6-13,20H,2-5,14-15H2,1H3. The maximum Gasteiger partial charge on any atom is 0.337 e. The van der Waals surface area contributed by atoms with Crippen molar-refractivity contribution in [2.24, 2.45) is 0 Å². The predicted octanol–water partition coefficient (Wildman–Crippen LogP) is 4.24. The number of halogens is 1. The molecule has 0 heterocycles. The molecular weight excluding hydrogens is 345 g/mol. The summed E-state index contributed by atoms with van der Waals surface area (Å²) in [6, 6.07) is 13.2. The summed E-state index contributed by atoms with van der Waals surface area (Å²) >= 11 is 0. The summed E-state index contributed by atoms with van der Waals surface area (Å²) < 4.78 is 17.8. The molecular formula is C22H24FNO3. The number of amides is 1. The highest BCUT2D eigenvalue weighted by atomic mass is 19.1. The van der Waals surface area contributed by atoms with Crippen molar-refractivity contribution < 1.29 is 18.7 Å². The average Bonchev–Trinajstić information content (AvgIpc) is 3.23. The number of benzene rings is 2. The molecule has 0 N–H and O–H groups in total. The van der Waals surface area contributed by atoms with Crippen LogP contribution in [0.15, 0.2) is 48.5 Å². The number of carbonyl (C=O) groups excluding carboxylic acids is 2. The van der Waals surface area contributed by atoms with Crippen LogP contribution in [-0.2, 0) is 11.2 Å². The third kappa shape index (κ3) is 4.73. The first-order valence-corrected chi connectivity index (χ1v) is 9.32. The van der Waals surface area contributed by atoms with Gasteiger partial charge in [-0.25, -0.2) is 9.18 Å². The zero-order valence-corrected chi connectivity index (χ0v) is 15.5. The molecule has 0 saturated heterocycles. The lowest BCUT2D eigenvalue weighted by Crippen LogP contribution is -2.40. The predicted molar refractivity (Wildman–Crippen MR) is 101 cm³/mol. The molecule has 3 rings (SSSR count). The second kappa shape index (κ2) is 8.80. The second-order valence-corrected chi connectivity index (χ2v) is 6.88. The Morgan fingerprint density at radius 3 is 2.19 bits per heavy atom. The maximum absolute atomic E-state index is 13.1. The van der Waals surface area contributed by atoms with Crippen LogP contribution in [0.3, 0.4) is 0 Å². The summed E-state index contributed by atoms with van der Waals surface area (Å²) in [5.74, 6) is -0.702. The monoisotopic (exact) mass is 369 g/mol. The highest BCUT2D eigenvalue weighted by Crippen LogP contribution is 2.25. The maximum atomic E-state index is 13.1. The minimum Gasteiger partial charge on any atom is -0.465 e. The van der Waals surface area contributed by atoms with E-state index in [1.807, 2.05) is 4.90 Å². The van der Waals surface area contributed by atoms with Gasteiger partial charge in [0.25, 0.3) is 5.91 Å². The van der Waals surface area contributed by atoms with E-state index in [-0.39, 0.29) is 17.8 Å². The van der Waals surface area contributed by atoms with Gasteiger partial charge in [-0.2, -0.15) is 0 Å². The van der Waals surface area contributed by atoms with Crippen molar-refractivity contribution in [3.05, 3.63) is 71.0 Å². The van der Waals surface area contributed by atoms with Crippen LogP contribution < -0.4 is 0 Å². The summed E-state index contributed by atoms with van der Waals surface area (Å²) in [6.07, 6.45) is 4.96. The molecule has 1 amide bonds. The summed E-state index contributed by atoms with van der Waals surface area (Å²) in [5.41, 5.74) is 2.00. The van der Waals surface area contributed by atoms with Crippen LogP contribution in [0.5, 0.6) is 0 Å². The summed E-state index contributed by atoms with van der Waals surface area (Å²) in [7, 11) is 1.33. The van der Waals surface area contributed by atoms with Crippen LogP contribution in [0.4, 0.5) is 4.39 Å². The van der Waals surface area contributed by atoms with E-state index < -0.39 is 5.97 Å². The van der Waals surface area contributed by atoms with Gasteiger partial charge in [0, 0.05) is 18.2 Å². The van der Waals surface area contributed by atoms with Crippen LogP contribution >= 0.6 is 0 Å². The molecule has 2 aromatic carbocycles. The molecule has 2 aromatic rings. The van der Waals surface area contributed by atoms with E-state index in [9.17, 15) is 14.0 Å². The topological polar surface area (TPSA) is 46.6 Å². The Balaban J connectivity index is 1.74. The minimum absolute atomic E-state index is 0.0274. The van der Waals surface area contributed by atoms with Gasteiger partial charge in [0.1, 0.15) is 5.82 Å². The van der Waals surface area contributed by atoms with E-state index in [0.717, 1.165) is 31.2 Å². The minimum atomic E-state index is -0.419.